The van der Waals surface area contributed by atoms with Crippen LogP contribution in [0.5, 0.6) is 5.75 Å². The minimum absolute atomic E-state index is 0.0570. The van der Waals surface area contributed by atoms with Gasteiger partial charge in [-0.1, -0.05) is 6.07 Å². The van der Waals surface area contributed by atoms with Crippen LogP contribution in [0.25, 0.3) is 5.69 Å². The molecule has 1 heterocycles. The van der Waals surface area contributed by atoms with Gasteiger partial charge < -0.3 is 10.1 Å². The number of carbonyl (C=O) groups is 1. The zero-order valence-corrected chi connectivity index (χ0v) is 16.0. The Morgan fingerprint density at radius 3 is 2.48 bits per heavy atom. The maximum Gasteiger partial charge on any atom is 0.418 e. The van der Waals surface area contributed by atoms with E-state index in [4.69, 9.17) is 4.74 Å². The lowest BCUT2D eigenvalue weighted by molar-refractivity contribution is -0.137. The molecule has 0 spiro atoms. The third kappa shape index (κ3) is 5.37. The molecule has 0 fully saturated rings. The summed E-state index contributed by atoms with van der Waals surface area (Å²) in [6, 6.07) is 10.9. The number of nitrogens with one attached hydrogen (secondary N) is 1. The van der Waals surface area contributed by atoms with Crippen molar-refractivity contribution in [3.63, 3.8) is 0 Å². The fraction of sp³-hybridized carbons (Fsp3) is 0.238. The minimum Gasteiger partial charge on any atom is -0.493 e. The number of hydrogen-bond acceptors (Lipinski definition) is 3. The monoisotopic (exact) mass is 403 g/mol. The highest BCUT2D eigenvalue weighted by atomic mass is 19.4. The minimum atomic E-state index is -4.62. The Hall–Kier alpha value is -3.29. The van der Waals surface area contributed by atoms with Gasteiger partial charge in [-0.05, 0) is 61.4 Å². The number of alkyl halides is 3. The number of rotatable bonds is 6. The first kappa shape index (κ1) is 20.4. The van der Waals surface area contributed by atoms with Crippen LogP contribution in [0.4, 0.5) is 18.9 Å². The summed E-state index contributed by atoms with van der Waals surface area (Å²) in [5.41, 5.74) is 1.06. The normalized spacial score (nSPS) is 11.3. The van der Waals surface area contributed by atoms with Gasteiger partial charge in [0.05, 0.1) is 30.0 Å². The molecule has 0 saturated carbocycles. The number of halogens is 3. The summed E-state index contributed by atoms with van der Waals surface area (Å²) >= 11 is 0. The van der Waals surface area contributed by atoms with E-state index in [1.165, 1.54) is 29.2 Å². The maximum absolute atomic E-state index is 13.5. The molecule has 1 aromatic heterocycles. The first-order valence-electron chi connectivity index (χ1n) is 8.94. The molecule has 0 aliphatic rings. The van der Waals surface area contributed by atoms with Crippen molar-refractivity contribution in [3.8, 4) is 11.4 Å². The molecule has 0 atom stereocenters. The Bertz CT molecular complexity index is 979. The molecular formula is C21H20F3N3O2. The summed E-state index contributed by atoms with van der Waals surface area (Å²) < 4.78 is 47.3. The number of benzene rings is 2. The Labute approximate surface area is 166 Å². The Morgan fingerprint density at radius 2 is 1.86 bits per heavy atom. The van der Waals surface area contributed by atoms with E-state index >= 15 is 0 Å². The molecule has 29 heavy (non-hydrogen) atoms. The van der Waals surface area contributed by atoms with Gasteiger partial charge in [0, 0.05) is 12.4 Å². The van der Waals surface area contributed by atoms with E-state index in [0.29, 0.717) is 5.75 Å². The van der Waals surface area contributed by atoms with E-state index < -0.39 is 17.6 Å². The first-order chi connectivity index (χ1) is 13.7. The maximum atomic E-state index is 13.5. The van der Waals surface area contributed by atoms with Crippen LogP contribution < -0.4 is 10.1 Å². The molecule has 1 amide bonds. The van der Waals surface area contributed by atoms with Crippen LogP contribution >= 0.6 is 0 Å². The Morgan fingerprint density at radius 1 is 1.14 bits per heavy atom. The summed E-state index contributed by atoms with van der Waals surface area (Å²) in [5, 5.41) is 6.26. The van der Waals surface area contributed by atoms with Gasteiger partial charge in [0.1, 0.15) is 5.75 Å². The number of aromatic nitrogens is 2. The lowest BCUT2D eigenvalue weighted by Crippen LogP contribution is -2.19. The molecule has 0 unspecified atom stereocenters. The van der Waals surface area contributed by atoms with Crippen molar-refractivity contribution in [2.45, 2.75) is 26.4 Å². The highest BCUT2D eigenvalue weighted by Crippen LogP contribution is 2.36. The van der Waals surface area contributed by atoms with E-state index in [-0.39, 0.29) is 24.4 Å². The van der Waals surface area contributed by atoms with Crippen LogP contribution in [-0.4, -0.2) is 22.3 Å². The van der Waals surface area contributed by atoms with Crippen molar-refractivity contribution in [2.75, 3.05) is 11.9 Å². The van der Waals surface area contributed by atoms with E-state index in [9.17, 15) is 18.0 Å². The fourth-order valence-electron chi connectivity index (χ4n) is 2.93. The molecule has 0 radical (unpaired) electrons. The topological polar surface area (TPSA) is 56.1 Å². The summed E-state index contributed by atoms with van der Waals surface area (Å²) in [6.07, 6.45) is -1.69. The number of amides is 1. The highest BCUT2D eigenvalue weighted by Gasteiger charge is 2.34. The predicted octanol–water partition coefficient (Wildman–Crippen LogP) is 4.92. The Balaban J connectivity index is 1.67. The van der Waals surface area contributed by atoms with Crippen LogP contribution in [0.3, 0.4) is 0 Å². The lowest BCUT2D eigenvalue weighted by Gasteiger charge is -2.15. The van der Waals surface area contributed by atoms with Gasteiger partial charge in [-0.25, -0.2) is 4.68 Å². The van der Waals surface area contributed by atoms with Crippen LogP contribution in [0, 0.1) is 13.8 Å². The molecule has 3 rings (SSSR count). The van der Waals surface area contributed by atoms with Crippen molar-refractivity contribution < 1.29 is 22.7 Å². The van der Waals surface area contributed by atoms with Gasteiger partial charge in [0.15, 0.2) is 0 Å². The number of aryl methyl sites for hydroxylation is 2. The number of anilines is 1. The molecular weight excluding hydrogens is 383 g/mol. The molecule has 0 bridgehead atoms. The van der Waals surface area contributed by atoms with Crippen molar-refractivity contribution in [1.82, 2.24) is 9.78 Å². The van der Waals surface area contributed by atoms with Gasteiger partial charge in [-0.2, -0.15) is 18.3 Å². The van der Waals surface area contributed by atoms with Crippen LogP contribution in [0.1, 0.15) is 23.1 Å². The van der Waals surface area contributed by atoms with Gasteiger partial charge >= 0.3 is 6.18 Å². The van der Waals surface area contributed by atoms with Crippen molar-refractivity contribution in [1.29, 1.82) is 0 Å². The zero-order chi connectivity index (χ0) is 21.0. The van der Waals surface area contributed by atoms with Gasteiger partial charge in [0.25, 0.3) is 0 Å². The highest BCUT2D eigenvalue weighted by molar-refractivity contribution is 5.91. The van der Waals surface area contributed by atoms with E-state index in [2.05, 4.69) is 10.4 Å². The smallest absolute Gasteiger partial charge is 0.418 e. The van der Waals surface area contributed by atoms with E-state index in [1.807, 2.05) is 32.0 Å². The average molecular weight is 403 g/mol. The van der Waals surface area contributed by atoms with Gasteiger partial charge in [-0.15, -0.1) is 0 Å². The number of nitrogens with zero attached hydrogens (tertiary/aromatic N) is 2. The molecule has 5 nitrogen and oxygen atoms in total. The summed E-state index contributed by atoms with van der Waals surface area (Å²) in [4.78, 5) is 12.2. The first-order valence-corrected chi connectivity index (χ1v) is 8.94. The van der Waals surface area contributed by atoms with Gasteiger partial charge in [0.2, 0.25) is 5.91 Å². The standard InChI is InChI=1S/C21H20F3N3O2/c1-14-10-15(2)12-17(11-14)29-9-6-20(28)26-19-5-4-16(27-8-3-7-25-27)13-18(19)21(22,23)24/h3-5,7-8,10-13H,6,9H2,1-2H3,(H,26,28). The second kappa shape index (κ2) is 8.38. The largest absolute Gasteiger partial charge is 0.493 e. The van der Waals surface area contributed by atoms with Crippen molar-refractivity contribution in [3.05, 3.63) is 71.5 Å². The molecule has 8 heteroatoms. The molecule has 152 valence electrons. The number of carbonyl (C=O) groups excluding carboxylic acids is 1. The summed E-state index contributed by atoms with van der Waals surface area (Å²) in [5.74, 6) is 0.0570. The number of hydrogen-bond donors (Lipinski definition) is 1. The molecule has 0 saturated heterocycles. The van der Waals surface area contributed by atoms with Gasteiger partial charge in [-0.3, -0.25) is 4.79 Å². The second-order valence-corrected chi connectivity index (χ2v) is 6.65. The molecule has 0 aliphatic heterocycles. The summed E-state index contributed by atoms with van der Waals surface area (Å²) in [7, 11) is 0. The third-order valence-electron chi connectivity index (χ3n) is 4.14. The summed E-state index contributed by atoms with van der Waals surface area (Å²) in [6.45, 7) is 3.91. The average Bonchev–Trinajstić information content (AvgIpc) is 3.15. The van der Waals surface area contributed by atoms with Crippen LogP contribution in [0.15, 0.2) is 54.9 Å². The fourth-order valence-corrected chi connectivity index (χ4v) is 2.93. The van der Waals surface area contributed by atoms with Crippen LogP contribution in [-0.2, 0) is 11.0 Å². The molecule has 3 aromatic rings. The van der Waals surface area contributed by atoms with Crippen molar-refractivity contribution >= 4 is 11.6 Å². The molecule has 0 aliphatic carbocycles. The van der Waals surface area contributed by atoms with Crippen LogP contribution in [0.2, 0.25) is 0 Å². The number of ether oxygens (including phenoxy) is 1. The third-order valence-corrected chi connectivity index (χ3v) is 4.14. The van der Waals surface area contributed by atoms with E-state index in [0.717, 1.165) is 17.2 Å². The second-order valence-electron chi connectivity index (χ2n) is 6.65. The van der Waals surface area contributed by atoms with E-state index in [1.54, 1.807) is 6.07 Å². The lowest BCUT2D eigenvalue weighted by atomic mass is 10.1. The molecule has 2 aromatic carbocycles. The molecule has 1 N–H and O–H groups in total. The van der Waals surface area contributed by atoms with Crippen molar-refractivity contribution in [2.24, 2.45) is 0 Å². The quantitative estimate of drug-likeness (QED) is 0.636. The predicted molar refractivity (Wildman–Crippen MR) is 103 cm³/mol. The SMILES string of the molecule is Cc1cc(C)cc(OCCC(=O)Nc2ccc(-n3cccn3)cc2C(F)(F)F)c1. The zero-order valence-electron chi connectivity index (χ0n) is 16.0. The Kier molecular flexibility index (Phi) is 5.91.